The Hall–Kier alpha value is -0.375. The Kier molecular flexibility index (Phi) is 4.34. The molecule has 0 aliphatic heterocycles. The van der Waals surface area contributed by atoms with E-state index in [2.05, 4.69) is 0 Å². The number of aromatic carboxylic acids is 1. The first-order chi connectivity index (χ1) is 4.70. The Morgan fingerprint density at radius 1 is 1.45 bits per heavy atom. The van der Waals surface area contributed by atoms with Crippen molar-refractivity contribution in [1.82, 2.24) is 0 Å². The van der Waals surface area contributed by atoms with Gasteiger partial charge in [-0.25, -0.2) is 4.79 Å². The summed E-state index contributed by atoms with van der Waals surface area (Å²) in [7, 11) is 0. The first-order valence-electron chi connectivity index (χ1n) is 3.00. The van der Waals surface area contributed by atoms with Crippen molar-refractivity contribution < 1.29 is 37.6 Å². The summed E-state index contributed by atoms with van der Waals surface area (Å²) in [4.78, 5) is 10.4. The van der Waals surface area contributed by atoms with Crippen molar-refractivity contribution in [2.24, 2.45) is 0 Å². The molecule has 0 heterocycles. The van der Waals surface area contributed by atoms with E-state index in [1.54, 1.807) is 18.2 Å². The summed E-state index contributed by atoms with van der Waals surface area (Å²) < 4.78 is 0. The fourth-order valence-electron chi connectivity index (χ4n) is 0.778. The molecule has 1 rings (SSSR count). The van der Waals surface area contributed by atoms with Gasteiger partial charge >= 0.3 is 5.97 Å². The fraction of sp³-hybridized carbons (Fsp3) is 0.125. The Bertz CT molecular complexity index is 258. The quantitative estimate of drug-likeness (QED) is 0.793. The molecule has 0 atom stereocenters. The van der Waals surface area contributed by atoms with Crippen molar-refractivity contribution >= 4 is 5.97 Å². The maximum atomic E-state index is 10.4. The molecule has 0 amide bonds. The fourth-order valence-corrected chi connectivity index (χ4v) is 0.778. The maximum Gasteiger partial charge on any atom is 0.335 e. The van der Waals surface area contributed by atoms with E-state index < -0.39 is 5.97 Å². The third kappa shape index (κ3) is 3.01. The first-order valence-corrected chi connectivity index (χ1v) is 3.00. The molecule has 0 fully saturated rings. The zero-order valence-electron chi connectivity index (χ0n) is 6.37. The third-order valence-electron chi connectivity index (χ3n) is 1.27. The number of carboxylic acid groups (broad SMARTS) is 1. The van der Waals surface area contributed by atoms with Gasteiger partial charge in [0.05, 0.1) is 5.56 Å². The summed E-state index contributed by atoms with van der Waals surface area (Å²) in [5.74, 6) is -0.872. The van der Waals surface area contributed by atoms with Crippen LogP contribution in [0.1, 0.15) is 15.9 Å². The van der Waals surface area contributed by atoms with E-state index in [0.717, 1.165) is 5.56 Å². The molecule has 0 radical (unpaired) electrons. The second-order valence-corrected chi connectivity index (χ2v) is 2.17. The van der Waals surface area contributed by atoms with Crippen LogP contribution in [0.5, 0.6) is 0 Å². The van der Waals surface area contributed by atoms with Gasteiger partial charge in [-0.1, -0.05) is 17.7 Å². The zero-order chi connectivity index (χ0) is 7.56. The van der Waals surface area contributed by atoms with Crippen LogP contribution < -0.4 is 0 Å². The molecule has 1 aromatic carbocycles. The summed E-state index contributed by atoms with van der Waals surface area (Å²) in [6, 6.07) is 6.82. The standard InChI is InChI=1S/C8H8O2.Hg/c1-6-3-2-4-7(5-6)8(9)10;/h2-5H,1H3,(H,9,10);. The molecule has 0 aromatic heterocycles. The van der Waals surface area contributed by atoms with Crippen LogP contribution in [0.3, 0.4) is 0 Å². The zero-order valence-corrected chi connectivity index (χ0v) is 11.9. The minimum absolute atomic E-state index is 0. The molecule has 0 saturated heterocycles. The molecule has 3 heteroatoms. The average molecular weight is 337 g/mol. The van der Waals surface area contributed by atoms with Crippen LogP contribution in [0, 0.1) is 6.92 Å². The van der Waals surface area contributed by atoms with Gasteiger partial charge in [0.2, 0.25) is 0 Å². The molecule has 1 aromatic rings. The number of hydrogen-bond donors (Lipinski definition) is 1. The number of rotatable bonds is 1. The second kappa shape index (κ2) is 4.49. The summed E-state index contributed by atoms with van der Waals surface area (Å²) in [5, 5.41) is 8.51. The van der Waals surface area contributed by atoms with Crippen LogP contribution in [0.25, 0.3) is 0 Å². The Labute approximate surface area is 85.7 Å². The predicted octanol–water partition coefficient (Wildman–Crippen LogP) is 1.69. The predicted molar refractivity (Wildman–Crippen MR) is 38.1 cm³/mol. The minimum atomic E-state index is -0.872. The van der Waals surface area contributed by atoms with Crippen molar-refractivity contribution in [3.8, 4) is 0 Å². The molecule has 0 aliphatic rings. The van der Waals surface area contributed by atoms with Gasteiger partial charge in [0.25, 0.3) is 0 Å². The largest absolute Gasteiger partial charge is 0.478 e. The van der Waals surface area contributed by atoms with Gasteiger partial charge in [0.15, 0.2) is 0 Å². The Balaban J connectivity index is 0.000001000. The molecular formula is C8H8HgO2. The van der Waals surface area contributed by atoms with Crippen molar-refractivity contribution in [1.29, 1.82) is 0 Å². The monoisotopic (exact) mass is 338 g/mol. The Morgan fingerprint density at radius 3 is 2.45 bits per heavy atom. The van der Waals surface area contributed by atoms with E-state index in [4.69, 9.17) is 5.11 Å². The van der Waals surface area contributed by atoms with Gasteiger partial charge < -0.3 is 5.11 Å². The van der Waals surface area contributed by atoms with E-state index >= 15 is 0 Å². The van der Waals surface area contributed by atoms with Gasteiger partial charge in [-0.2, -0.15) is 0 Å². The van der Waals surface area contributed by atoms with E-state index in [0.29, 0.717) is 5.56 Å². The van der Waals surface area contributed by atoms with Crippen molar-refractivity contribution in [2.75, 3.05) is 0 Å². The van der Waals surface area contributed by atoms with Crippen LogP contribution in [0.4, 0.5) is 0 Å². The van der Waals surface area contributed by atoms with Crippen LogP contribution in [-0.2, 0) is 27.7 Å². The van der Waals surface area contributed by atoms with Gasteiger partial charge in [-0.15, -0.1) is 0 Å². The summed E-state index contributed by atoms with van der Waals surface area (Å²) >= 11 is 0. The summed E-state index contributed by atoms with van der Waals surface area (Å²) in [5.41, 5.74) is 1.32. The first kappa shape index (κ1) is 10.6. The summed E-state index contributed by atoms with van der Waals surface area (Å²) in [6.07, 6.45) is 0. The molecule has 0 spiro atoms. The molecule has 2 nitrogen and oxygen atoms in total. The number of aryl methyl sites for hydroxylation is 1. The smallest absolute Gasteiger partial charge is 0.335 e. The SMILES string of the molecule is Cc1cccc(C(=O)O)c1.[Hg]. The van der Waals surface area contributed by atoms with E-state index in [-0.39, 0.29) is 27.7 Å². The number of carbonyl (C=O) groups is 1. The van der Waals surface area contributed by atoms with E-state index in [1.165, 1.54) is 0 Å². The van der Waals surface area contributed by atoms with Crippen molar-refractivity contribution in [3.05, 3.63) is 35.4 Å². The van der Waals surface area contributed by atoms with Gasteiger partial charge in [-0.3, -0.25) is 0 Å². The van der Waals surface area contributed by atoms with Gasteiger partial charge in [0, 0.05) is 27.7 Å². The van der Waals surface area contributed by atoms with Gasteiger partial charge in [0.1, 0.15) is 0 Å². The number of hydrogen-bond acceptors (Lipinski definition) is 1. The van der Waals surface area contributed by atoms with Crippen LogP contribution in [0.15, 0.2) is 24.3 Å². The third-order valence-corrected chi connectivity index (χ3v) is 1.27. The minimum Gasteiger partial charge on any atom is -0.478 e. The van der Waals surface area contributed by atoms with Crippen molar-refractivity contribution in [2.45, 2.75) is 6.92 Å². The molecule has 0 aliphatic carbocycles. The van der Waals surface area contributed by atoms with E-state index in [1.807, 2.05) is 13.0 Å². The second-order valence-electron chi connectivity index (χ2n) is 2.17. The molecule has 0 unspecified atom stereocenters. The Morgan fingerprint density at radius 2 is 2.09 bits per heavy atom. The summed E-state index contributed by atoms with van der Waals surface area (Å²) in [6.45, 7) is 1.87. The maximum absolute atomic E-state index is 10.4. The number of benzene rings is 1. The molecular weight excluding hydrogens is 329 g/mol. The number of carboxylic acids is 1. The van der Waals surface area contributed by atoms with Crippen LogP contribution in [0.2, 0.25) is 0 Å². The molecule has 11 heavy (non-hydrogen) atoms. The average Bonchev–Trinajstić information content (AvgIpc) is 1.88. The molecule has 0 bridgehead atoms. The van der Waals surface area contributed by atoms with Crippen LogP contribution in [-0.4, -0.2) is 11.1 Å². The van der Waals surface area contributed by atoms with Gasteiger partial charge in [-0.05, 0) is 19.1 Å². The van der Waals surface area contributed by atoms with Crippen molar-refractivity contribution in [3.63, 3.8) is 0 Å². The molecule has 1 N–H and O–H groups in total. The van der Waals surface area contributed by atoms with E-state index in [9.17, 15) is 4.79 Å². The molecule has 0 saturated carbocycles. The molecule has 54 valence electrons. The topological polar surface area (TPSA) is 37.3 Å². The van der Waals surface area contributed by atoms with Crippen LogP contribution >= 0.6 is 0 Å². The normalized spacial score (nSPS) is 8.45.